The molecule has 1 spiro atoms. The first kappa shape index (κ1) is 22.4. The van der Waals surface area contributed by atoms with Crippen molar-refractivity contribution in [3.63, 3.8) is 0 Å². The van der Waals surface area contributed by atoms with E-state index in [4.69, 9.17) is 10.5 Å². The number of nitrogens with one attached hydrogen (secondary N) is 2. The van der Waals surface area contributed by atoms with E-state index in [-0.39, 0.29) is 27.9 Å². The smallest absolute Gasteiger partial charge is 0.341 e. The molecule has 1 aromatic heterocycles. The molecule has 0 bridgehead atoms. The Balaban J connectivity index is 1.71. The zero-order valence-corrected chi connectivity index (χ0v) is 18.4. The molecule has 8 nitrogen and oxygen atoms in total. The Morgan fingerprint density at radius 1 is 1.39 bits per heavy atom. The number of pyridine rings is 1. The maximum atomic E-state index is 15.4. The molecule has 5 N–H and O–H groups in total. The van der Waals surface area contributed by atoms with Crippen molar-refractivity contribution in [3.05, 3.63) is 64.4 Å². The van der Waals surface area contributed by atoms with Crippen LogP contribution in [0.2, 0.25) is 0 Å². The van der Waals surface area contributed by atoms with Crippen molar-refractivity contribution >= 4 is 28.2 Å². The summed E-state index contributed by atoms with van der Waals surface area (Å²) in [6.45, 7) is 7.42. The molecule has 2 aromatic rings. The third-order valence-electron chi connectivity index (χ3n) is 6.04. The van der Waals surface area contributed by atoms with Crippen LogP contribution in [-0.2, 0) is 6.54 Å². The summed E-state index contributed by atoms with van der Waals surface area (Å²) in [4.78, 5) is 24.5. The fraction of sp³-hybridized carbons (Fsp3) is 0.333. The van der Waals surface area contributed by atoms with Crippen molar-refractivity contribution in [1.82, 2.24) is 9.88 Å². The predicted molar refractivity (Wildman–Crippen MR) is 126 cm³/mol. The molecule has 1 aromatic carbocycles. The second-order valence-electron chi connectivity index (χ2n) is 8.51. The Labute approximate surface area is 190 Å². The number of carboxylic acids is 1. The van der Waals surface area contributed by atoms with Crippen LogP contribution in [0.4, 0.5) is 15.8 Å². The fourth-order valence-corrected chi connectivity index (χ4v) is 4.06. The van der Waals surface area contributed by atoms with Gasteiger partial charge in [-0.05, 0) is 25.8 Å². The highest BCUT2D eigenvalue weighted by Crippen LogP contribution is 2.51. The first-order chi connectivity index (χ1) is 15.8. The number of aromatic nitrogens is 1. The van der Waals surface area contributed by atoms with Gasteiger partial charge in [-0.25, -0.2) is 9.18 Å². The summed E-state index contributed by atoms with van der Waals surface area (Å²) in [6.07, 6.45) is 10.6. The average molecular weight is 455 g/mol. The number of allylic oxidation sites excluding steroid dienone is 4. The van der Waals surface area contributed by atoms with Gasteiger partial charge in [0, 0.05) is 36.9 Å². The van der Waals surface area contributed by atoms with Gasteiger partial charge in [0.1, 0.15) is 11.3 Å². The van der Waals surface area contributed by atoms with Gasteiger partial charge in [-0.2, -0.15) is 0 Å². The van der Waals surface area contributed by atoms with Crippen LogP contribution in [0.15, 0.2) is 47.6 Å². The number of anilines is 2. The molecular weight excluding hydrogens is 427 g/mol. The highest BCUT2D eigenvalue weighted by Gasteiger charge is 2.46. The molecule has 0 saturated heterocycles. The van der Waals surface area contributed by atoms with E-state index in [2.05, 4.69) is 17.2 Å². The summed E-state index contributed by atoms with van der Waals surface area (Å²) in [5.41, 5.74) is 5.32. The van der Waals surface area contributed by atoms with E-state index in [1.807, 2.05) is 31.2 Å². The van der Waals surface area contributed by atoms with Gasteiger partial charge >= 0.3 is 5.97 Å². The number of benzene rings is 1. The molecule has 33 heavy (non-hydrogen) atoms. The zero-order valence-electron chi connectivity index (χ0n) is 18.4. The van der Waals surface area contributed by atoms with Crippen LogP contribution in [0.3, 0.4) is 0 Å². The Morgan fingerprint density at radius 2 is 2.15 bits per heavy atom. The van der Waals surface area contributed by atoms with Crippen LogP contribution in [0.1, 0.15) is 30.1 Å². The van der Waals surface area contributed by atoms with Gasteiger partial charge in [0.2, 0.25) is 5.43 Å². The first-order valence-electron chi connectivity index (χ1n) is 10.8. The number of carbonyl (C=O) groups is 1. The molecule has 174 valence electrons. The highest BCUT2D eigenvalue weighted by atomic mass is 19.1. The van der Waals surface area contributed by atoms with Crippen LogP contribution < -0.4 is 26.5 Å². The minimum atomic E-state index is -1.38. The molecule has 1 saturated carbocycles. The first-order valence-corrected chi connectivity index (χ1v) is 10.8. The number of ether oxygens (including phenoxy) is 1. The molecule has 2 aliphatic rings. The Morgan fingerprint density at radius 3 is 2.82 bits per heavy atom. The van der Waals surface area contributed by atoms with E-state index in [9.17, 15) is 14.7 Å². The van der Waals surface area contributed by atoms with Gasteiger partial charge in [0.05, 0.1) is 23.2 Å². The van der Waals surface area contributed by atoms with Crippen LogP contribution in [0.5, 0.6) is 5.75 Å². The maximum absolute atomic E-state index is 15.4. The van der Waals surface area contributed by atoms with E-state index < -0.39 is 22.8 Å². The molecule has 1 fully saturated rings. The Hall–Kier alpha value is -3.75. The topological polar surface area (TPSA) is 119 Å². The van der Waals surface area contributed by atoms with Crippen molar-refractivity contribution in [2.45, 2.75) is 26.3 Å². The lowest BCUT2D eigenvalue weighted by Crippen LogP contribution is -2.23. The summed E-state index contributed by atoms with van der Waals surface area (Å²) in [5, 5.41) is 15.5. The van der Waals surface area contributed by atoms with E-state index in [1.54, 1.807) is 4.57 Å². The number of nitrogens with two attached hydrogens (primary N) is 1. The van der Waals surface area contributed by atoms with Gasteiger partial charge in [-0.15, -0.1) is 0 Å². The molecule has 4 rings (SSSR count). The van der Waals surface area contributed by atoms with Gasteiger partial charge in [-0.1, -0.05) is 24.8 Å². The summed E-state index contributed by atoms with van der Waals surface area (Å²) in [5.74, 6) is -2.03. The molecular formula is C24H27FN4O4. The molecule has 2 heterocycles. The number of nitrogen functional groups attached to an aromatic ring is 1. The van der Waals surface area contributed by atoms with Gasteiger partial charge in [-0.3, -0.25) is 4.79 Å². The molecule has 0 unspecified atom stereocenters. The van der Waals surface area contributed by atoms with Gasteiger partial charge in [0.25, 0.3) is 0 Å². The van der Waals surface area contributed by atoms with Crippen molar-refractivity contribution < 1.29 is 19.0 Å². The summed E-state index contributed by atoms with van der Waals surface area (Å²) in [6, 6.07) is 0. The molecule has 0 radical (unpaired) electrons. The maximum Gasteiger partial charge on any atom is 0.341 e. The number of carboxylic acid groups (broad SMARTS) is 1. The van der Waals surface area contributed by atoms with Gasteiger partial charge in [0.15, 0.2) is 11.6 Å². The Kier molecular flexibility index (Phi) is 5.88. The van der Waals surface area contributed by atoms with Crippen LogP contribution in [0, 0.1) is 11.2 Å². The number of halogens is 1. The second-order valence-corrected chi connectivity index (χ2v) is 8.51. The Bertz CT molecular complexity index is 1260. The number of hydrogen-bond donors (Lipinski definition) is 4. The molecule has 0 amide bonds. The summed E-state index contributed by atoms with van der Waals surface area (Å²) < 4.78 is 23.1. The standard InChI is InChI=1S/C24H27FN4O4/c1-3-4-5-6-14(2)27-9-10-28-19-17(25)18(26)16-20-22(19)33-13-24(7-8-24)12-29(20)11-15(21(16)30)23(31)32/h3-6,11,27-28H,2,7-10,12-13,26H2,1H3,(H,31,32)/b4-3-,6-5-. The van der Waals surface area contributed by atoms with Crippen LogP contribution in [0.25, 0.3) is 10.9 Å². The third-order valence-corrected chi connectivity index (χ3v) is 6.04. The van der Waals surface area contributed by atoms with E-state index in [1.165, 1.54) is 6.20 Å². The normalized spacial score (nSPS) is 16.2. The minimum absolute atomic E-state index is 0.0609. The SMILES string of the molecule is C=C(/C=C\C=C/C)NCCNc1c(F)c(N)c2c(=O)c(C(=O)O)cn3c2c1OCC1(CC1)C3. The predicted octanol–water partition coefficient (Wildman–Crippen LogP) is 3.24. The van der Waals surface area contributed by atoms with E-state index >= 15 is 4.39 Å². The third kappa shape index (κ3) is 4.18. The van der Waals surface area contributed by atoms with Crippen molar-refractivity contribution in [2.75, 3.05) is 30.7 Å². The lowest BCUT2D eigenvalue weighted by Gasteiger charge is -2.19. The number of nitrogens with zero attached hydrogens (tertiary/aromatic N) is 1. The number of rotatable bonds is 8. The molecule has 9 heteroatoms. The van der Waals surface area contributed by atoms with Crippen molar-refractivity contribution in [3.8, 4) is 5.75 Å². The molecule has 1 aliphatic carbocycles. The molecule has 1 aliphatic heterocycles. The minimum Gasteiger partial charge on any atom is -0.488 e. The van der Waals surface area contributed by atoms with E-state index in [0.29, 0.717) is 37.5 Å². The number of hydrogen-bond acceptors (Lipinski definition) is 6. The lowest BCUT2D eigenvalue weighted by atomic mass is 10.1. The zero-order chi connectivity index (χ0) is 23.8. The lowest BCUT2D eigenvalue weighted by molar-refractivity contribution is 0.0694. The monoisotopic (exact) mass is 454 g/mol. The van der Waals surface area contributed by atoms with E-state index in [0.717, 1.165) is 12.8 Å². The average Bonchev–Trinajstić information content (AvgIpc) is 3.56. The highest BCUT2D eigenvalue weighted by molar-refractivity contribution is 6.03. The quantitative estimate of drug-likeness (QED) is 0.275. The summed E-state index contributed by atoms with van der Waals surface area (Å²) >= 11 is 0. The van der Waals surface area contributed by atoms with Gasteiger partial charge < -0.3 is 30.8 Å². The van der Waals surface area contributed by atoms with Crippen LogP contribution in [-0.4, -0.2) is 35.3 Å². The number of aromatic carboxylic acids is 1. The molecule has 0 atom stereocenters. The van der Waals surface area contributed by atoms with Crippen molar-refractivity contribution in [2.24, 2.45) is 5.41 Å². The second kappa shape index (κ2) is 8.65. The fourth-order valence-electron chi connectivity index (χ4n) is 4.06. The largest absolute Gasteiger partial charge is 0.488 e. The summed E-state index contributed by atoms with van der Waals surface area (Å²) in [7, 11) is 0. The van der Waals surface area contributed by atoms with Crippen molar-refractivity contribution in [1.29, 1.82) is 0 Å². The van der Waals surface area contributed by atoms with Crippen LogP contribution >= 0.6 is 0 Å².